The maximum absolute atomic E-state index is 13.0. The molecule has 1 aliphatic heterocycles. The van der Waals surface area contributed by atoms with Gasteiger partial charge in [0.05, 0.1) is 12.1 Å². The van der Waals surface area contributed by atoms with Crippen molar-refractivity contribution >= 4 is 5.97 Å². The highest BCUT2D eigenvalue weighted by atomic mass is 19.4. The summed E-state index contributed by atoms with van der Waals surface area (Å²) in [6, 6.07) is 5.70. The topological polar surface area (TPSA) is 43.8 Å². The Hall–Kier alpha value is -1.60. The number of aliphatic carboxylic acids is 1. The quantitative estimate of drug-likeness (QED) is 0.880. The Kier molecular flexibility index (Phi) is 5.06. The van der Waals surface area contributed by atoms with Crippen molar-refractivity contribution in [3.8, 4) is 0 Å². The number of carbonyl (C=O) groups is 1. The van der Waals surface area contributed by atoms with Gasteiger partial charge in [0, 0.05) is 31.7 Å². The Morgan fingerprint density at radius 2 is 2.04 bits per heavy atom. The molecule has 1 saturated carbocycles. The van der Waals surface area contributed by atoms with Crippen LogP contribution in [0, 0.1) is 5.92 Å². The molecule has 2 aliphatic rings. The maximum Gasteiger partial charge on any atom is 0.416 e. The van der Waals surface area contributed by atoms with E-state index in [0.29, 0.717) is 25.6 Å². The van der Waals surface area contributed by atoms with Crippen molar-refractivity contribution in [3.63, 3.8) is 0 Å². The van der Waals surface area contributed by atoms with Gasteiger partial charge in [-0.05, 0) is 43.4 Å². The van der Waals surface area contributed by atoms with Gasteiger partial charge in [-0.2, -0.15) is 13.2 Å². The summed E-state index contributed by atoms with van der Waals surface area (Å²) in [5.74, 6) is -0.460. The van der Waals surface area contributed by atoms with E-state index in [1.165, 1.54) is 12.1 Å². The predicted octanol–water partition coefficient (Wildman–Crippen LogP) is 3.25. The van der Waals surface area contributed by atoms with Crippen LogP contribution in [0.25, 0.3) is 0 Å². The van der Waals surface area contributed by atoms with Crippen molar-refractivity contribution in [2.75, 3.05) is 26.2 Å². The van der Waals surface area contributed by atoms with Crippen molar-refractivity contribution < 1.29 is 23.1 Å². The molecule has 0 amide bonds. The highest BCUT2D eigenvalue weighted by Gasteiger charge is 2.40. The van der Waals surface area contributed by atoms with E-state index < -0.39 is 17.7 Å². The van der Waals surface area contributed by atoms with E-state index in [1.807, 2.05) is 11.8 Å². The molecule has 138 valence electrons. The van der Waals surface area contributed by atoms with Gasteiger partial charge in [0.1, 0.15) is 0 Å². The van der Waals surface area contributed by atoms with Gasteiger partial charge in [-0.1, -0.05) is 12.1 Å². The van der Waals surface area contributed by atoms with Crippen LogP contribution in [-0.4, -0.2) is 53.1 Å². The number of piperazine rings is 1. The molecule has 7 heteroatoms. The Labute approximate surface area is 145 Å². The molecule has 0 aromatic heterocycles. The van der Waals surface area contributed by atoms with E-state index in [-0.39, 0.29) is 18.6 Å². The summed E-state index contributed by atoms with van der Waals surface area (Å²) in [6.45, 7) is 3.95. The Bertz CT molecular complexity index is 631. The predicted molar refractivity (Wildman–Crippen MR) is 87.2 cm³/mol. The molecule has 0 radical (unpaired) electrons. The van der Waals surface area contributed by atoms with E-state index in [9.17, 15) is 18.0 Å². The molecule has 2 unspecified atom stereocenters. The molecule has 25 heavy (non-hydrogen) atoms. The van der Waals surface area contributed by atoms with E-state index in [1.54, 1.807) is 6.07 Å². The largest absolute Gasteiger partial charge is 0.480 e. The Balaban J connectivity index is 1.78. The number of nitrogens with zero attached hydrogens (tertiary/aromatic N) is 2. The molecule has 1 N–H and O–H groups in total. The molecular formula is C18H23F3N2O2. The summed E-state index contributed by atoms with van der Waals surface area (Å²) < 4.78 is 39.1. The fourth-order valence-corrected chi connectivity index (χ4v) is 3.78. The lowest BCUT2D eigenvalue weighted by molar-refractivity contribution is -0.139. The maximum atomic E-state index is 13.0. The minimum absolute atomic E-state index is 0.00661. The summed E-state index contributed by atoms with van der Waals surface area (Å²) in [6.07, 6.45) is -2.27. The number of carboxylic acid groups (broad SMARTS) is 1. The van der Waals surface area contributed by atoms with Gasteiger partial charge in [0.15, 0.2) is 0 Å². The van der Waals surface area contributed by atoms with Crippen molar-refractivity contribution in [3.05, 3.63) is 35.4 Å². The van der Waals surface area contributed by atoms with Gasteiger partial charge in [-0.3, -0.25) is 14.6 Å². The standard InChI is InChI=1S/C18H23F3N2O2/c1-12-10-23(8-7-22(12)11-16(24)25)17(13-5-6-13)14-3-2-4-15(9-14)18(19,20)21/h2-4,9,12-13,17H,5-8,10-11H2,1H3,(H,24,25). The lowest BCUT2D eigenvalue weighted by atomic mass is 9.96. The first-order valence-corrected chi connectivity index (χ1v) is 8.63. The first-order valence-electron chi connectivity index (χ1n) is 8.63. The monoisotopic (exact) mass is 356 g/mol. The van der Waals surface area contributed by atoms with E-state index in [4.69, 9.17) is 5.11 Å². The van der Waals surface area contributed by atoms with Crippen molar-refractivity contribution in [1.82, 2.24) is 9.80 Å². The first-order chi connectivity index (χ1) is 11.8. The first kappa shape index (κ1) is 18.2. The smallest absolute Gasteiger partial charge is 0.416 e. The van der Waals surface area contributed by atoms with Crippen LogP contribution in [0.5, 0.6) is 0 Å². The molecule has 1 aromatic carbocycles. The van der Waals surface area contributed by atoms with Gasteiger partial charge in [-0.15, -0.1) is 0 Å². The van der Waals surface area contributed by atoms with Gasteiger partial charge in [0.2, 0.25) is 0 Å². The highest BCUT2D eigenvalue weighted by molar-refractivity contribution is 5.69. The number of rotatable bonds is 5. The van der Waals surface area contributed by atoms with Crippen LogP contribution in [0.2, 0.25) is 0 Å². The molecule has 3 rings (SSSR count). The van der Waals surface area contributed by atoms with Gasteiger partial charge in [0.25, 0.3) is 0 Å². The summed E-state index contributed by atoms with van der Waals surface area (Å²) in [4.78, 5) is 15.1. The van der Waals surface area contributed by atoms with E-state index >= 15 is 0 Å². The minimum Gasteiger partial charge on any atom is -0.480 e. The molecule has 2 atom stereocenters. The minimum atomic E-state index is -4.34. The molecular weight excluding hydrogens is 333 g/mol. The second kappa shape index (κ2) is 6.96. The van der Waals surface area contributed by atoms with Gasteiger partial charge >= 0.3 is 12.1 Å². The lowest BCUT2D eigenvalue weighted by Crippen LogP contribution is -2.54. The van der Waals surface area contributed by atoms with Crippen LogP contribution >= 0.6 is 0 Å². The summed E-state index contributed by atoms with van der Waals surface area (Å²) in [7, 11) is 0. The molecule has 1 aliphatic carbocycles. The molecule has 1 saturated heterocycles. The SMILES string of the molecule is CC1CN(C(c2cccc(C(F)(F)F)c2)C2CC2)CCN1CC(=O)O. The summed E-state index contributed by atoms with van der Waals surface area (Å²) in [5.41, 5.74) is 0.115. The Morgan fingerprint density at radius 1 is 1.32 bits per heavy atom. The van der Waals surface area contributed by atoms with Crippen LogP contribution in [0.3, 0.4) is 0 Å². The van der Waals surface area contributed by atoms with Crippen molar-refractivity contribution in [1.29, 1.82) is 0 Å². The molecule has 1 heterocycles. The molecule has 1 aromatic rings. The van der Waals surface area contributed by atoms with Gasteiger partial charge < -0.3 is 5.11 Å². The molecule has 0 bridgehead atoms. The third-order valence-corrected chi connectivity index (χ3v) is 5.15. The number of hydrogen-bond donors (Lipinski definition) is 1. The van der Waals surface area contributed by atoms with E-state index in [2.05, 4.69) is 4.90 Å². The van der Waals surface area contributed by atoms with Crippen LogP contribution in [0.15, 0.2) is 24.3 Å². The number of benzene rings is 1. The average molecular weight is 356 g/mol. The number of halogens is 3. The second-order valence-electron chi connectivity index (χ2n) is 7.11. The van der Waals surface area contributed by atoms with E-state index in [0.717, 1.165) is 24.5 Å². The molecule has 2 fully saturated rings. The lowest BCUT2D eigenvalue weighted by Gasteiger charge is -2.43. The number of carboxylic acids is 1. The van der Waals surface area contributed by atoms with Crippen molar-refractivity contribution in [2.45, 2.75) is 38.0 Å². The fourth-order valence-electron chi connectivity index (χ4n) is 3.78. The van der Waals surface area contributed by atoms with Crippen molar-refractivity contribution in [2.24, 2.45) is 5.92 Å². The van der Waals surface area contributed by atoms with Crippen LogP contribution in [0.1, 0.15) is 36.9 Å². The molecule has 0 spiro atoms. The summed E-state index contributed by atoms with van der Waals surface area (Å²) in [5, 5.41) is 8.98. The third-order valence-electron chi connectivity index (χ3n) is 5.15. The van der Waals surface area contributed by atoms with Crippen LogP contribution in [0.4, 0.5) is 13.2 Å². The number of alkyl halides is 3. The number of hydrogen-bond acceptors (Lipinski definition) is 3. The van der Waals surface area contributed by atoms with Gasteiger partial charge in [-0.25, -0.2) is 0 Å². The molecule has 4 nitrogen and oxygen atoms in total. The van der Waals surface area contributed by atoms with Crippen LogP contribution < -0.4 is 0 Å². The zero-order valence-corrected chi connectivity index (χ0v) is 14.2. The summed E-state index contributed by atoms with van der Waals surface area (Å²) >= 11 is 0. The average Bonchev–Trinajstić information content (AvgIpc) is 3.34. The third kappa shape index (κ3) is 4.33. The zero-order valence-electron chi connectivity index (χ0n) is 14.2. The zero-order chi connectivity index (χ0) is 18.2. The van der Waals surface area contributed by atoms with Crippen LogP contribution in [-0.2, 0) is 11.0 Å². The second-order valence-corrected chi connectivity index (χ2v) is 7.11. The fraction of sp³-hybridized carbons (Fsp3) is 0.611. The normalized spacial score (nSPS) is 24.2. The Morgan fingerprint density at radius 3 is 2.60 bits per heavy atom. The highest BCUT2D eigenvalue weighted by Crippen LogP contribution is 2.46.